The maximum Gasteiger partial charge on any atom is 0.0594 e. The lowest BCUT2D eigenvalue weighted by atomic mass is 10.1. The zero-order valence-corrected chi connectivity index (χ0v) is 11.2. The van der Waals surface area contributed by atoms with E-state index < -0.39 is 0 Å². The Balaban J connectivity index is 1.78. The smallest absolute Gasteiger partial charge is 0.0594 e. The van der Waals surface area contributed by atoms with Crippen LogP contribution >= 0.6 is 11.3 Å². The van der Waals surface area contributed by atoms with E-state index >= 15 is 0 Å². The fourth-order valence-corrected chi connectivity index (χ4v) is 2.83. The van der Waals surface area contributed by atoms with Crippen molar-refractivity contribution in [1.82, 2.24) is 4.98 Å². The summed E-state index contributed by atoms with van der Waals surface area (Å²) in [6.07, 6.45) is 1.82. The van der Waals surface area contributed by atoms with E-state index in [-0.39, 0.29) is 0 Å². The quantitative estimate of drug-likeness (QED) is 0.756. The van der Waals surface area contributed by atoms with E-state index in [0.29, 0.717) is 0 Å². The largest absolute Gasteiger partial charge is 0.378 e. The molecule has 94 valence electrons. The third-order valence-corrected chi connectivity index (χ3v) is 3.85. The van der Waals surface area contributed by atoms with Crippen LogP contribution in [0.2, 0.25) is 0 Å². The first-order valence-corrected chi connectivity index (χ1v) is 7.08. The Labute approximate surface area is 116 Å². The molecule has 0 unspecified atom stereocenters. The Morgan fingerprint density at radius 1 is 0.947 bits per heavy atom. The monoisotopic (exact) mass is 266 g/mol. The van der Waals surface area contributed by atoms with E-state index in [2.05, 4.69) is 46.0 Å². The van der Waals surface area contributed by atoms with Crippen LogP contribution in [0.5, 0.6) is 0 Å². The summed E-state index contributed by atoms with van der Waals surface area (Å²) in [5.74, 6) is 0. The Hall–Kier alpha value is -2.13. The predicted molar refractivity (Wildman–Crippen MR) is 81.3 cm³/mol. The molecule has 0 aliphatic heterocycles. The van der Waals surface area contributed by atoms with Gasteiger partial charge in [-0.05, 0) is 29.1 Å². The first-order valence-electron chi connectivity index (χ1n) is 6.20. The van der Waals surface area contributed by atoms with Crippen LogP contribution in [-0.2, 0) is 6.54 Å². The summed E-state index contributed by atoms with van der Waals surface area (Å²) in [6.45, 7) is 0.747. The van der Waals surface area contributed by atoms with Gasteiger partial charge < -0.3 is 5.32 Å². The number of nitrogens with zero attached hydrogens (tertiary/aromatic N) is 1. The molecule has 0 aliphatic rings. The van der Waals surface area contributed by atoms with E-state index in [4.69, 9.17) is 0 Å². The van der Waals surface area contributed by atoms with Gasteiger partial charge in [-0.25, -0.2) is 0 Å². The molecule has 0 fully saturated rings. The maximum atomic E-state index is 4.32. The van der Waals surface area contributed by atoms with Gasteiger partial charge in [-0.3, -0.25) is 4.98 Å². The Bertz CT molecular complexity index is 632. The van der Waals surface area contributed by atoms with Crippen molar-refractivity contribution >= 4 is 17.0 Å². The molecule has 0 saturated carbocycles. The van der Waals surface area contributed by atoms with Gasteiger partial charge in [0.25, 0.3) is 0 Å². The highest BCUT2D eigenvalue weighted by atomic mass is 32.1. The molecule has 1 aromatic carbocycles. The number of rotatable bonds is 4. The number of hydrogen-bond acceptors (Lipinski definition) is 3. The number of nitrogens with one attached hydrogen (secondary N) is 1. The number of aromatic nitrogens is 1. The van der Waals surface area contributed by atoms with E-state index in [1.807, 2.05) is 30.5 Å². The third-order valence-electron chi connectivity index (χ3n) is 2.89. The molecule has 2 nitrogen and oxygen atoms in total. The van der Waals surface area contributed by atoms with Crippen LogP contribution in [0.15, 0.2) is 66.2 Å². The van der Waals surface area contributed by atoms with Gasteiger partial charge in [-0.15, -0.1) is 11.3 Å². The van der Waals surface area contributed by atoms with Crippen LogP contribution in [-0.4, -0.2) is 4.98 Å². The summed E-state index contributed by atoms with van der Waals surface area (Å²) < 4.78 is 0. The normalized spacial score (nSPS) is 10.3. The van der Waals surface area contributed by atoms with Gasteiger partial charge in [0.1, 0.15) is 0 Å². The molecule has 19 heavy (non-hydrogen) atoms. The van der Waals surface area contributed by atoms with Crippen molar-refractivity contribution in [2.45, 2.75) is 6.54 Å². The van der Waals surface area contributed by atoms with Gasteiger partial charge in [0.05, 0.1) is 22.8 Å². The molecular weight excluding hydrogens is 252 g/mol. The second-order valence-electron chi connectivity index (χ2n) is 4.20. The molecule has 0 radical (unpaired) electrons. The fraction of sp³-hybridized carbons (Fsp3) is 0.0625. The van der Waals surface area contributed by atoms with Crippen molar-refractivity contribution in [3.05, 3.63) is 71.9 Å². The van der Waals surface area contributed by atoms with Gasteiger partial charge in [-0.2, -0.15) is 0 Å². The van der Waals surface area contributed by atoms with E-state index in [1.54, 1.807) is 11.3 Å². The molecule has 2 heterocycles. The average molecular weight is 266 g/mol. The van der Waals surface area contributed by atoms with Gasteiger partial charge in [0, 0.05) is 6.20 Å². The van der Waals surface area contributed by atoms with Crippen LogP contribution in [0.3, 0.4) is 0 Å². The molecular formula is C16H14N2S. The van der Waals surface area contributed by atoms with Crippen molar-refractivity contribution in [3.8, 4) is 10.4 Å². The molecule has 0 atom stereocenters. The van der Waals surface area contributed by atoms with Crippen LogP contribution in [0.25, 0.3) is 10.4 Å². The molecule has 2 aromatic heterocycles. The van der Waals surface area contributed by atoms with Crippen LogP contribution < -0.4 is 5.32 Å². The standard InChI is InChI=1S/C16H14N2S/c1-2-6-13(7-3-1)16-15(9-11-19-16)18-12-14-8-4-5-10-17-14/h1-11,18H,12H2. The number of hydrogen-bond donors (Lipinski definition) is 1. The molecule has 3 rings (SSSR count). The molecule has 0 saturated heterocycles. The highest BCUT2D eigenvalue weighted by molar-refractivity contribution is 7.14. The Morgan fingerprint density at radius 2 is 1.79 bits per heavy atom. The van der Waals surface area contributed by atoms with Crippen LogP contribution in [0, 0.1) is 0 Å². The number of anilines is 1. The zero-order chi connectivity index (χ0) is 12.9. The van der Waals surface area contributed by atoms with Gasteiger partial charge in [-0.1, -0.05) is 36.4 Å². The van der Waals surface area contributed by atoms with Crippen molar-refractivity contribution in [2.75, 3.05) is 5.32 Å². The lowest BCUT2D eigenvalue weighted by Crippen LogP contribution is -2.00. The Kier molecular flexibility index (Phi) is 3.56. The number of thiophene rings is 1. The minimum atomic E-state index is 0.747. The van der Waals surface area contributed by atoms with E-state index in [9.17, 15) is 0 Å². The fourth-order valence-electron chi connectivity index (χ4n) is 1.95. The summed E-state index contributed by atoms with van der Waals surface area (Å²) in [5, 5.41) is 5.57. The van der Waals surface area contributed by atoms with E-state index in [1.165, 1.54) is 16.1 Å². The lowest BCUT2D eigenvalue weighted by molar-refractivity contribution is 1.05. The van der Waals surface area contributed by atoms with E-state index in [0.717, 1.165) is 12.2 Å². The molecule has 0 spiro atoms. The second kappa shape index (κ2) is 5.67. The maximum absolute atomic E-state index is 4.32. The first-order chi connectivity index (χ1) is 9.43. The summed E-state index contributed by atoms with van der Waals surface area (Å²) in [7, 11) is 0. The number of benzene rings is 1. The van der Waals surface area contributed by atoms with Crippen LogP contribution in [0.4, 0.5) is 5.69 Å². The summed E-state index contributed by atoms with van der Waals surface area (Å²) in [5.41, 5.74) is 3.47. The first kappa shape index (κ1) is 11.9. The predicted octanol–water partition coefficient (Wildman–Crippen LogP) is 4.42. The minimum absolute atomic E-state index is 0.747. The average Bonchev–Trinajstić information content (AvgIpc) is 2.95. The zero-order valence-electron chi connectivity index (χ0n) is 10.4. The van der Waals surface area contributed by atoms with Gasteiger partial charge in [0.15, 0.2) is 0 Å². The summed E-state index contributed by atoms with van der Waals surface area (Å²) in [4.78, 5) is 5.60. The molecule has 0 amide bonds. The van der Waals surface area contributed by atoms with Gasteiger partial charge in [0.2, 0.25) is 0 Å². The van der Waals surface area contributed by atoms with Crippen LogP contribution in [0.1, 0.15) is 5.69 Å². The SMILES string of the molecule is c1ccc(-c2sccc2NCc2ccccn2)cc1. The topological polar surface area (TPSA) is 24.9 Å². The summed E-state index contributed by atoms with van der Waals surface area (Å²) >= 11 is 1.75. The molecule has 3 aromatic rings. The highest BCUT2D eigenvalue weighted by Crippen LogP contribution is 2.33. The minimum Gasteiger partial charge on any atom is -0.378 e. The van der Waals surface area contributed by atoms with Gasteiger partial charge >= 0.3 is 0 Å². The van der Waals surface area contributed by atoms with Crippen molar-refractivity contribution in [2.24, 2.45) is 0 Å². The van der Waals surface area contributed by atoms with Crippen molar-refractivity contribution < 1.29 is 0 Å². The molecule has 3 heteroatoms. The highest BCUT2D eigenvalue weighted by Gasteiger charge is 2.06. The molecule has 1 N–H and O–H groups in total. The Morgan fingerprint density at radius 3 is 2.58 bits per heavy atom. The lowest BCUT2D eigenvalue weighted by Gasteiger charge is -2.07. The molecule has 0 aliphatic carbocycles. The molecule has 0 bridgehead atoms. The van der Waals surface area contributed by atoms with Crippen molar-refractivity contribution in [1.29, 1.82) is 0 Å². The summed E-state index contributed by atoms with van der Waals surface area (Å²) in [6, 6.07) is 18.5. The van der Waals surface area contributed by atoms with Crippen molar-refractivity contribution in [3.63, 3.8) is 0 Å². The second-order valence-corrected chi connectivity index (χ2v) is 5.12. The third kappa shape index (κ3) is 2.83. The number of pyridine rings is 1.